The predicted octanol–water partition coefficient (Wildman–Crippen LogP) is 5.90. The zero-order valence-corrected chi connectivity index (χ0v) is 19.2. The van der Waals surface area contributed by atoms with Gasteiger partial charge in [-0.25, -0.2) is 4.99 Å². The number of benzene rings is 3. The average molecular weight is 454 g/mol. The van der Waals surface area contributed by atoms with Gasteiger partial charge >= 0.3 is 0 Å². The number of para-hydroxylation sites is 1. The fraction of sp³-hybridized carbons (Fsp3) is 0.111. The van der Waals surface area contributed by atoms with Crippen LogP contribution in [0.25, 0.3) is 17.0 Å². The number of ether oxygens (including phenoxy) is 1. The van der Waals surface area contributed by atoms with Crippen LogP contribution < -0.4 is 10.1 Å². The molecule has 0 aliphatic carbocycles. The first kappa shape index (κ1) is 21.1. The maximum atomic E-state index is 12.7. The van der Waals surface area contributed by atoms with Crippen LogP contribution in [0.4, 0.5) is 5.69 Å². The number of fused-ring (bicyclic) bond motifs is 1. The van der Waals surface area contributed by atoms with E-state index in [4.69, 9.17) is 4.74 Å². The normalized spacial score (nSPS) is 16.0. The SMILES string of the molecule is COc1ccc(N=C2NC(=O)/C(=C\c3c(C)n(Cc4ccccc4)c4ccccc34)S2)cc1. The average Bonchev–Trinajstić information content (AvgIpc) is 3.32. The van der Waals surface area contributed by atoms with Gasteiger partial charge in [0.2, 0.25) is 0 Å². The van der Waals surface area contributed by atoms with Crippen LogP contribution in [-0.2, 0) is 11.3 Å². The van der Waals surface area contributed by atoms with Crippen molar-refractivity contribution in [3.63, 3.8) is 0 Å². The Morgan fingerprint density at radius 2 is 1.73 bits per heavy atom. The number of methoxy groups -OCH3 is 1. The summed E-state index contributed by atoms with van der Waals surface area (Å²) in [6.07, 6.45) is 1.98. The molecule has 2 heterocycles. The summed E-state index contributed by atoms with van der Waals surface area (Å²) in [6, 6.07) is 26.2. The number of carbonyl (C=O) groups excluding carboxylic acids is 1. The molecule has 0 atom stereocenters. The fourth-order valence-corrected chi connectivity index (χ4v) is 4.82. The molecule has 1 fully saturated rings. The summed E-state index contributed by atoms with van der Waals surface area (Å²) in [4.78, 5) is 17.9. The lowest BCUT2D eigenvalue weighted by atomic mass is 10.1. The highest BCUT2D eigenvalue weighted by atomic mass is 32.2. The molecule has 4 aromatic rings. The molecule has 33 heavy (non-hydrogen) atoms. The molecular formula is C27H23N3O2S. The number of aliphatic imine (C=N–C) groups is 1. The zero-order valence-electron chi connectivity index (χ0n) is 18.4. The van der Waals surface area contributed by atoms with Gasteiger partial charge in [0, 0.05) is 28.7 Å². The zero-order chi connectivity index (χ0) is 22.8. The topological polar surface area (TPSA) is 55.6 Å². The molecule has 1 aromatic heterocycles. The molecule has 0 spiro atoms. The largest absolute Gasteiger partial charge is 0.497 e. The fourth-order valence-electron chi connectivity index (χ4n) is 4.00. The molecule has 5 rings (SSSR count). The smallest absolute Gasteiger partial charge is 0.264 e. The van der Waals surface area contributed by atoms with E-state index in [0.29, 0.717) is 10.1 Å². The summed E-state index contributed by atoms with van der Waals surface area (Å²) in [6.45, 7) is 2.89. The van der Waals surface area contributed by atoms with Gasteiger partial charge in [0.1, 0.15) is 5.75 Å². The van der Waals surface area contributed by atoms with Gasteiger partial charge in [0.25, 0.3) is 5.91 Å². The first-order chi connectivity index (χ1) is 16.1. The number of thioether (sulfide) groups is 1. The molecular weight excluding hydrogens is 430 g/mol. The first-order valence-corrected chi connectivity index (χ1v) is 11.5. The van der Waals surface area contributed by atoms with E-state index in [2.05, 4.69) is 64.3 Å². The molecule has 5 nitrogen and oxygen atoms in total. The highest BCUT2D eigenvalue weighted by Crippen LogP contribution is 2.33. The van der Waals surface area contributed by atoms with Crippen LogP contribution in [0.2, 0.25) is 0 Å². The molecule has 1 N–H and O–H groups in total. The van der Waals surface area contributed by atoms with Crippen molar-refractivity contribution >= 4 is 45.5 Å². The van der Waals surface area contributed by atoms with Gasteiger partial charge < -0.3 is 14.6 Å². The van der Waals surface area contributed by atoms with E-state index < -0.39 is 0 Å². The van der Waals surface area contributed by atoms with Gasteiger partial charge in [-0.1, -0.05) is 48.5 Å². The lowest BCUT2D eigenvalue weighted by molar-refractivity contribution is -0.115. The number of amidine groups is 1. The lowest BCUT2D eigenvalue weighted by Crippen LogP contribution is -2.19. The van der Waals surface area contributed by atoms with Crippen LogP contribution in [0.15, 0.2) is 88.8 Å². The molecule has 6 heteroatoms. The Bertz CT molecular complexity index is 1390. The Morgan fingerprint density at radius 3 is 2.48 bits per heavy atom. The van der Waals surface area contributed by atoms with Gasteiger partial charge in [-0.15, -0.1) is 0 Å². The van der Waals surface area contributed by atoms with Crippen LogP contribution in [0.1, 0.15) is 16.8 Å². The molecule has 1 aliphatic heterocycles. The number of nitrogens with zero attached hydrogens (tertiary/aromatic N) is 2. The third-order valence-electron chi connectivity index (χ3n) is 5.69. The third-order valence-corrected chi connectivity index (χ3v) is 6.60. The van der Waals surface area contributed by atoms with Crippen molar-refractivity contribution < 1.29 is 9.53 Å². The minimum absolute atomic E-state index is 0.133. The summed E-state index contributed by atoms with van der Waals surface area (Å²) >= 11 is 1.36. The summed E-state index contributed by atoms with van der Waals surface area (Å²) in [7, 11) is 1.63. The van der Waals surface area contributed by atoms with E-state index in [0.717, 1.165) is 40.1 Å². The lowest BCUT2D eigenvalue weighted by Gasteiger charge is -2.08. The molecule has 0 saturated carbocycles. The van der Waals surface area contributed by atoms with Gasteiger partial charge in [0.05, 0.1) is 17.7 Å². The molecule has 1 saturated heterocycles. The van der Waals surface area contributed by atoms with E-state index in [-0.39, 0.29) is 5.91 Å². The van der Waals surface area contributed by atoms with Crippen molar-refractivity contribution in [2.24, 2.45) is 4.99 Å². The van der Waals surface area contributed by atoms with Gasteiger partial charge in [-0.3, -0.25) is 4.79 Å². The quantitative estimate of drug-likeness (QED) is 0.383. The predicted molar refractivity (Wildman–Crippen MR) is 136 cm³/mol. The second-order valence-corrected chi connectivity index (χ2v) is 8.80. The van der Waals surface area contributed by atoms with Crippen LogP contribution in [0.3, 0.4) is 0 Å². The third kappa shape index (κ3) is 4.30. The standard InChI is InChI=1S/C27H23N3O2S/c1-18-23(22-10-6-7-11-24(22)30(18)17-19-8-4-3-5-9-19)16-25-26(31)29-27(33-25)28-20-12-14-21(32-2)15-13-20/h3-16H,17H2,1-2H3,(H,28,29,31)/b25-16+. The Balaban J connectivity index is 1.49. The monoisotopic (exact) mass is 453 g/mol. The number of carbonyl (C=O) groups is 1. The van der Waals surface area contributed by atoms with E-state index >= 15 is 0 Å². The number of nitrogens with one attached hydrogen (secondary N) is 1. The summed E-state index contributed by atoms with van der Waals surface area (Å²) in [5.41, 5.74) is 5.34. The number of hydrogen-bond acceptors (Lipinski definition) is 4. The van der Waals surface area contributed by atoms with Crippen molar-refractivity contribution in [3.05, 3.63) is 101 Å². The Labute approximate surface area is 196 Å². The Hall–Kier alpha value is -3.77. The van der Waals surface area contributed by atoms with Crippen molar-refractivity contribution in [2.75, 3.05) is 7.11 Å². The summed E-state index contributed by atoms with van der Waals surface area (Å²) in [5.74, 6) is 0.636. The van der Waals surface area contributed by atoms with Gasteiger partial charge in [-0.2, -0.15) is 0 Å². The van der Waals surface area contributed by atoms with Crippen LogP contribution in [-0.4, -0.2) is 22.8 Å². The number of hydrogen-bond donors (Lipinski definition) is 1. The number of rotatable bonds is 5. The second kappa shape index (κ2) is 9.00. The van der Waals surface area contributed by atoms with Crippen LogP contribution >= 0.6 is 11.8 Å². The Morgan fingerprint density at radius 1 is 1.00 bits per heavy atom. The van der Waals surface area contributed by atoms with E-state index in [1.807, 2.05) is 42.5 Å². The molecule has 0 radical (unpaired) electrons. The van der Waals surface area contributed by atoms with Crippen molar-refractivity contribution in [1.29, 1.82) is 0 Å². The maximum Gasteiger partial charge on any atom is 0.264 e. The van der Waals surface area contributed by atoms with E-state index in [1.54, 1.807) is 7.11 Å². The maximum absolute atomic E-state index is 12.7. The number of aromatic nitrogens is 1. The summed E-state index contributed by atoms with van der Waals surface area (Å²) < 4.78 is 7.50. The number of amides is 1. The minimum Gasteiger partial charge on any atom is -0.497 e. The molecule has 164 valence electrons. The molecule has 0 unspecified atom stereocenters. The van der Waals surface area contributed by atoms with Gasteiger partial charge in [-0.05, 0) is 60.7 Å². The van der Waals surface area contributed by atoms with E-state index in [9.17, 15) is 4.79 Å². The molecule has 0 bridgehead atoms. The first-order valence-electron chi connectivity index (χ1n) is 10.7. The molecule has 1 amide bonds. The molecule has 1 aliphatic rings. The molecule has 3 aromatic carbocycles. The van der Waals surface area contributed by atoms with Gasteiger partial charge in [0.15, 0.2) is 5.17 Å². The van der Waals surface area contributed by atoms with Crippen LogP contribution in [0.5, 0.6) is 5.75 Å². The van der Waals surface area contributed by atoms with E-state index in [1.165, 1.54) is 17.3 Å². The van der Waals surface area contributed by atoms with Crippen molar-refractivity contribution in [2.45, 2.75) is 13.5 Å². The van der Waals surface area contributed by atoms with Crippen LogP contribution in [0, 0.1) is 6.92 Å². The van der Waals surface area contributed by atoms with Crippen molar-refractivity contribution in [3.8, 4) is 5.75 Å². The highest BCUT2D eigenvalue weighted by Gasteiger charge is 2.25. The highest BCUT2D eigenvalue weighted by molar-refractivity contribution is 8.18. The minimum atomic E-state index is -0.133. The summed E-state index contributed by atoms with van der Waals surface area (Å²) in [5, 5.41) is 4.59. The second-order valence-electron chi connectivity index (χ2n) is 7.77. The van der Waals surface area contributed by atoms with Crippen molar-refractivity contribution in [1.82, 2.24) is 9.88 Å². The Kier molecular flexibility index (Phi) is 5.75.